The molecule has 0 radical (unpaired) electrons. The van der Waals surface area contributed by atoms with Crippen LogP contribution in [0.4, 0.5) is 5.69 Å². The van der Waals surface area contributed by atoms with E-state index in [0.29, 0.717) is 24.4 Å². The van der Waals surface area contributed by atoms with Gasteiger partial charge in [0.2, 0.25) is 0 Å². The number of anilines is 1. The summed E-state index contributed by atoms with van der Waals surface area (Å²) in [5, 5.41) is 17.5. The molecule has 0 spiro atoms. The summed E-state index contributed by atoms with van der Waals surface area (Å²) in [5.74, 6) is 0.176. The average molecular weight is 453 g/mol. The number of fused-ring (bicyclic) bond motifs is 1. The molecular weight excluding hydrogens is 424 g/mol. The van der Waals surface area contributed by atoms with Gasteiger partial charge < -0.3 is 20.5 Å². The van der Waals surface area contributed by atoms with Crippen LogP contribution in [0.3, 0.4) is 0 Å². The highest BCUT2D eigenvalue weighted by Gasteiger charge is 2.18. The van der Waals surface area contributed by atoms with Gasteiger partial charge in [0.1, 0.15) is 11.8 Å². The highest BCUT2D eigenvalue weighted by atomic mass is 32.2. The van der Waals surface area contributed by atoms with Crippen LogP contribution in [0.15, 0.2) is 60.7 Å². The molecule has 32 heavy (non-hydrogen) atoms. The summed E-state index contributed by atoms with van der Waals surface area (Å²) in [7, 11) is 0. The lowest BCUT2D eigenvalue weighted by Crippen LogP contribution is -2.36. The van der Waals surface area contributed by atoms with E-state index in [1.807, 2.05) is 73.8 Å². The van der Waals surface area contributed by atoms with E-state index in [4.69, 9.17) is 4.74 Å². The normalized spacial score (nSPS) is 11.8. The fraction of sp³-hybridized carbons (Fsp3) is 0.280. The van der Waals surface area contributed by atoms with Gasteiger partial charge in [0.15, 0.2) is 6.61 Å². The SMILES string of the molecule is CSCCC(NCc1c(OCC(=O)Nc2ccc(C)cc2)ccc2ccccc12)C(=O)O. The van der Waals surface area contributed by atoms with Crippen LogP contribution in [0, 0.1) is 6.92 Å². The minimum atomic E-state index is -0.876. The van der Waals surface area contributed by atoms with Gasteiger partial charge in [0.25, 0.3) is 5.91 Å². The van der Waals surface area contributed by atoms with Gasteiger partial charge in [-0.1, -0.05) is 48.0 Å². The van der Waals surface area contributed by atoms with Gasteiger partial charge in [-0.2, -0.15) is 11.8 Å². The number of carbonyl (C=O) groups is 2. The van der Waals surface area contributed by atoms with Gasteiger partial charge >= 0.3 is 5.97 Å². The van der Waals surface area contributed by atoms with Crippen LogP contribution in [0.1, 0.15) is 17.5 Å². The van der Waals surface area contributed by atoms with Crippen molar-refractivity contribution in [2.75, 3.05) is 23.9 Å². The number of thioether (sulfide) groups is 1. The molecule has 0 aliphatic heterocycles. The Morgan fingerprint density at radius 3 is 2.53 bits per heavy atom. The Morgan fingerprint density at radius 1 is 1.06 bits per heavy atom. The van der Waals surface area contributed by atoms with E-state index in [2.05, 4.69) is 10.6 Å². The molecule has 3 aromatic rings. The van der Waals surface area contributed by atoms with E-state index in [9.17, 15) is 14.7 Å². The molecule has 1 unspecified atom stereocenters. The smallest absolute Gasteiger partial charge is 0.320 e. The zero-order valence-electron chi connectivity index (χ0n) is 18.3. The van der Waals surface area contributed by atoms with Crippen molar-refractivity contribution in [2.24, 2.45) is 0 Å². The summed E-state index contributed by atoms with van der Waals surface area (Å²) in [4.78, 5) is 24.0. The van der Waals surface area contributed by atoms with Gasteiger partial charge in [0.05, 0.1) is 0 Å². The first-order chi connectivity index (χ1) is 15.5. The van der Waals surface area contributed by atoms with Gasteiger partial charge in [0, 0.05) is 17.8 Å². The summed E-state index contributed by atoms with van der Waals surface area (Å²) in [6.07, 6.45) is 2.48. The van der Waals surface area contributed by atoms with Crippen LogP contribution in [0.5, 0.6) is 5.75 Å². The molecule has 0 heterocycles. The lowest BCUT2D eigenvalue weighted by Gasteiger charge is -2.18. The fourth-order valence-electron chi connectivity index (χ4n) is 3.38. The Labute approximate surface area is 192 Å². The molecule has 1 amide bonds. The Morgan fingerprint density at radius 2 is 1.81 bits per heavy atom. The number of benzene rings is 3. The number of hydrogen-bond acceptors (Lipinski definition) is 5. The topological polar surface area (TPSA) is 87.7 Å². The fourth-order valence-corrected chi connectivity index (χ4v) is 3.86. The van der Waals surface area contributed by atoms with E-state index < -0.39 is 12.0 Å². The van der Waals surface area contributed by atoms with E-state index in [0.717, 1.165) is 27.7 Å². The van der Waals surface area contributed by atoms with Crippen molar-refractivity contribution in [3.8, 4) is 5.75 Å². The summed E-state index contributed by atoms with van der Waals surface area (Å²) in [5.41, 5.74) is 2.66. The molecule has 168 valence electrons. The molecule has 0 fully saturated rings. The average Bonchev–Trinajstić information content (AvgIpc) is 2.79. The third kappa shape index (κ3) is 6.48. The molecule has 3 N–H and O–H groups in total. The highest BCUT2D eigenvalue weighted by Crippen LogP contribution is 2.28. The molecule has 6 nitrogen and oxygen atoms in total. The standard InChI is InChI=1S/C25H28N2O4S/c1-17-7-10-19(11-8-17)27-24(28)16-31-23-12-9-18-5-3-4-6-20(18)21(23)15-26-22(25(29)30)13-14-32-2/h3-12,22,26H,13-16H2,1-2H3,(H,27,28)(H,29,30). The van der Waals surface area contributed by atoms with E-state index in [1.165, 1.54) is 0 Å². The van der Waals surface area contributed by atoms with Gasteiger partial charge in [-0.05, 0) is 54.3 Å². The first-order valence-electron chi connectivity index (χ1n) is 10.4. The molecule has 3 aromatic carbocycles. The minimum absolute atomic E-state index is 0.145. The van der Waals surface area contributed by atoms with Crippen LogP contribution in [0.2, 0.25) is 0 Å². The molecule has 1 atom stereocenters. The maximum absolute atomic E-state index is 12.4. The number of aryl methyl sites for hydroxylation is 1. The van der Waals surface area contributed by atoms with Crippen molar-refractivity contribution in [2.45, 2.75) is 25.9 Å². The van der Waals surface area contributed by atoms with Crippen LogP contribution in [0.25, 0.3) is 10.8 Å². The second-order valence-electron chi connectivity index (χ2n) is 7.52. The van der Waals surface area contributed by atoms with Crippen LogP contribution in [-0.2, 0) is 16.1 Å². The second-order valence-corrected chi connectivity index (χ2v) is 8.51. The number of ether oxygens (including phenoxy) is 1. The summed E-state index contributed by atoms with van der Waals surface area (Å²) in [6.45, 7) is 2.16. The van der Waals surface area contributed by atoms with Crippen LogP contribution in [-0.4, -0.2) is 41.6 Å². The lowest BCUT2D eigenvalue weighted by molar-refractivity contribution is -0.139. The zero-order valence-corrected chi connectivity index (χ0v) is 19.1. The molecular formula is C25H28N2O4S. The zero-order chi connectivity index (χ0) is 22.9. The van der Waals surface area contributed by atoms with Crippen LogP contribution < -0.4 is 15.4 Å². The number of nitrogens with one attached hydrogen (secondary N) is 2. The Kier molecular flexibility index (Phi) is 8.53. The quantitative estimate of drug-likeness (QED) is 0.398. The second kappa shape index (κ2) is 11.5. The van der Waals surface area contributed by atoms with Crippen molar-refractivity contribution in [3.05, 3.63) is 71.8 Å². The maximum Gasteiger partial charge on any atom is 0.320 e. The molecule has 0 saturated heterocycles. The molecule has 0 saturated carbocycles. The van der Waals surface area contributed by atoms with E-state index in [-0.39, 0.29) is 12.5 Å². The van der Waals surface area contributed by atoms with Gasteiger partial charge in [-0.15, -0.1) is 0 Å². The number of amides is 1. The first kappa shape index (κ1) is 23.6. The van der Waals surface area contributed by atoms with Crippen molar-refractivity contribution >= 4 is 40.1 Å². The van der Waals surface area contributed by atoms with Crippen molar-refractivity contribution in [1.82, 2.24) is 5.32 Å². The highest BCUT2D eigenvalue weighted by molar-refractivity contribution is 7.98. The first-order valence-corrected chi connectivity index (χ1v) is 11.8. The summed E-state index contributed by atoms with van der Waals surface area (Å²) in [6, 6.07) is 18.5. The summed E-state index contributed by atoms with van der Waals surface area (Å²) >= 11 is 1.61. The Hall–Kier alpha value is -3.03. The number of carboxylic acids is 1. The number of rotatable bonds is 11. The number of carboxylic acid groups (broad SMARTS) is 1. The van der Waals surface area contributed by atoms with Crippen LogP contribution >= 0.6 is 11.8 Å². The molecule has 0 aliphatic rings. The molecule has 0 bridgehead atoms. The molecule has 7 heteroatoms. The Balaban J connectivity index is 1.74. The molecule has 3 rings (SSSR count). The van der Waals surface area contributed by atoms with E-state index >= 15 is 0 Å². The predicted molar refractivity (Wildman–Crippen MR) is 131 cm³/mol. The predicted octanol–water partition coefficient (Wildman–Crippen LogP) is 4.46. The largest absolute Gasteiger partial charge is 0.483 e. The third-order valence-electron chi connectivity index (χ3n) is 5.13. The monoisotopic (exact) mass is 452 g/mol. The maximum atomic E-state index is 12.4. The summed E-state index contributed by atoms with van der Waals surface area (Å²) < 4.78 is 5.87. The lowest BCUT2D eigenvalue weighted by atomic mass is 10.0. The van der Waals surface area contributed by atoms with Gasteiger partial charge in [-0.3, -0.25) is 9.59 Å². The van der Waals surface area contributed by atoms with Gasteiger partial charge in [-0.25, -0.2) is 0 Å². The van der Waals surface area contributed by atoms with Crippen molar-refractivity contribution < 1.29 is 19.4 Å². The van der Waals surface area contributed by atoms with Crippen molar-refractivity contribution in [3.63, 3.8) is 0 Å². The molecule has 0 aliphatic carbocycles. The number of hydrogen-bond donors (Lipinski definition) is 3. The molecule has 0 aromatic heterocycles. The third-order valence-corrected chi connectivity index (χ3v) is 5.77. The van der Waals surface area contributed by atoms with Crippen molar-refractivity contribution in [1.29, 1.82) is 0 Å². The number of aliphatic carboxylic acids is 1. The number of carbonyl (C=O) groups excluding carboxylic acids is 1. The van der Waals surface area contributed by atoms with E-state index in [1.54, 1.807) is 11.8 Å². The minimum Gasteiger partial charge on any atom is -0.483 e. The Bertz CT molecular complexity index is 1070.